The van der Waals surface area contributed by atoms with Crippen LogP contribution in [0.3, 0.4) is 0 Å². The van der Waals surface area contributed by atoms with Gasteiger partial charge in [0.25, 0.3) is 0 Å². The van der Waals surface area contributed by atoms with Crippen LogP contribution in [0.4, 0.5) is 5.69 Å². The molecule has 116 valence electrons. The summed E-state index contributed by atoms with van der Waals surface area (Å²) in [6, 6.07) is 5.54. The molecule has 0 amide bonds. The van der Waals surface area contributed by atoms with Crippen LogP contribution in [0.25, 0.3) is 0 Å². The van der Waals surface area contributed by atoms with Crippen molar-refractivity contribution in [2.24, 2.45) is 16.8 Å². The highest BCUT2D eigenvalue weighted by atomic mass is 35.5. The van der Waals surface area contributed by atoms with E-state index in [-0.39, 0.29) is 5.84 Å². The molecule has 0 atom stereocenters. The molecule has 0 radical (unpaired) electrons. The van der Waals surface area contributed by atoms with Gasteiger partial charge in [-0.1, -0.05) is 16.8 Å². The molecule has 1 heterocycles. The first-order chi connectivity index (χ1) is 10.0. The lowest BCUT2D eigenvalue weighted by Crippen LogP contribution is -2.38. The van der Waals surface area contributed by atoms with Crippen LogP contribution in [0.5, 0.6) is 0 Å². The highest BCUT2D eigenvalue weighted by molar-refractivity contribution is 6.31. The van der Waals surface area contributed by atoms with E-state index in [0.29, 0.717) is 10.6 Å². The van der Waals surface area contributed by atoms with E-state index >= 15 is 0 Å². The quantitative estimate of drug-likeness (QED) is 0.387. The molecule has 1 aliphatic rings. The van der Waals surface area contributed by atoms with Crippen molar-refractivity contribution in [3.05, 3.63) is 28.8 Å². The summed E-state index contributed by atoms with van der Waals surface area (Å²) in [5.74, 6) is 0.832. The van der Waals surface area contributed by atoms with Crippen LogP contribution in [0.2, 0.25) is 5.02 Å². The van der Waals surface area contributed by atoms with Gasteiger partial charge < -0.3 is 20.7 Å². The molecule has 2 rings (SSSR count). The topological polar surface area (TPSA) is 65.1 Å². The van der Waals surface area contributed by atoms with Gasteiger partial charge >= 0.3 is 0 Å². The van der Waals surface area contributed by atoms with Gasteiger partial charge in [-0.25, -0.2) is 0 Å². The van der Waals surface area contributed by atoms with Gasteiger partial charge in [0.2, 0.25) is 0 Å². The number of benzene rings is 1. The van der Waals surface area contributed by atoms with E-state index in [9.17, 15) is 0 Å². The monoisotopic (exact) mass is 310 g/mol. The van der Waals surface area contributed by atoms with Crippen molar-refractivity contribution in [2.75, 3.05) is 38.6 Å². The lowest BCUT2D eigenvalue weighted by atomic mass is 9.95. The average molecular weight is 311 g/mol. The van der Waals surface area contributed by atoms with E-state index < -0.39 is 0 Å². The van der Waals surface area contributed by atoms with E-state index in [1.165, 1.54) is 0 Å². The summed E-state index contributed by atoms with van der Waals surface area (Å²) in [4.78, 5) is 4.53. The van der Waals surface area contributed by atoms with Crippen LogP contribution in [-0.4, -0.2) is 49.7 Å². The number of hydrogen-bond acceptors (Lipinski definition) is 4. The summed E-state index contributed by atoms with van der Waals surface area (Å²) in [5, 5.41) is 12.6. The fraction of sp³-hybridized carbons (Fsp3) is 0.533. The lowest BCUT2D eigenvalue weighted by molar-refractivity contribution is 0.285. The van der Waals surface area contributed by atoms with Gasteiger partial charge in [0.15, 0.2) is 5.84 Å². The van der Waals surface area contributed by atoms with E-state index in [1.807, 2.05) is 12.1 Å². The number of halogens is 1. The van der Waals surface area contributed by atoms with Crippen molar-refractivity contribution in [1.29, 1.82) is 0 Å². The molecule has 21 heavy (non-hydrogen) atoms. The smallest absolute Gasteiger partial charge is 0.172 e. The minimum absolute atomic E-state index is 0.0999. The normalized spacial score (nSPS) is 17.5. The molecule has 0 saturated carbocycles. The summed E-state index contributed by atoms with van der Waals surface area (Å²) < 4.78 is 0. The third kappa shape index (κ3) is 4.02. The van der Waals surface area contributed by atoms with Gasteiger partial charge in [-0.05, 0) is 51.1 Å². The summed E-state index contributed by atoms with van der Waals surface area (Å²) in [5.41, 5.74) is 7.45. The lowest BCUT2D eigenvalue weighted by Gasteiger charge is -2.35. The molecule has 1 aliphatic heterocycles. The largest absolute Gasteiger partial charge is 0.409 e. The molecule has 1 aromatic carbocycles. The molecular weight excluding hydrogens is 288 g/mol. The van der Waals surface area contributed by atoms with Crippen LogP contribution < -0.4 is 10.6 Å². The number of amidine groups is 1. The summed E-state index contributed by atoms with van der Waals surface area (Å²) in [6.07, 6.45) is 2.30. The summed E-state index contributed by atoms with van der Waals surface area (Å²) in [7, 11) is 4.23. The number of piperidine rings is 1. The van der Waals surface area contributed by atoms with Crippen molar-refractivity contribution in [3.8, 4) is 0 Å². The second-order valence-electron chi connectivity index (χ2n) is 5.84. The van der Waals surface area contributed by atoms with E-state index in [2.05, 4.69) is 29.1 Å². The maximum Gasteiger partial charge on any atom is 0.172 e. The third-order valence-electron chi connectivity index (χ3n) is 3.92. The first kappa shape index (κ1) is 15.9. The summed E-state index contributed by atoms with van der Waals surface area (Å²) in [6.45, 7) is 3.08. The van der Waals surface area contributed by atoms with Gasteiger partial charge in [-0.15, -0.1) is 0 Å². The maximum absolute atomic E-state index is 8.94. The number of anilines is 1. The molecule has 1 aromatic rings. The molecule has 0 spiro atoms. The number of hydrogen-bond donors (Lipinski definition) is 2. The molecular formula is C15H23ClN4O. The van der Waals surface area contributed by atoms with Crippen LogP contribution in [0.15, 0.2) is 23.4 Å². The van der Waals surface area contributed by atoms with E-state index in [0.717, 1.165) is 44.1 Å². The van der Waals surface area contributed by atoms with Crippen LogP contribution in [0.1, 0.15) is 18.4 Å². The van der Waals surface area contributed by atoms with Gasteiger partial charge in [0.1, 0.15) is 0 Å². The Labute approximate surface area is 131 Å². The fourth-order valence-electron chi connectivity index (χ4n) is 2.92. The van der Waals surface area contributed by atoms with E-state index in [4.69, 9.17) is 22.5 Å². The number of nitrogens with two attached hydrogens (primary N) is 1. The summed E-state index contributed by atoms with van der Waals surface area (Å²) >= 11 is 6.02. The van der Waals surface area contributed by atoms with Crippen molar-refractivity contribution >= 4 is 23.1 Å². The maximum atomic E-state index is 8.94. The predicted octanol–water partition coefficient (Wildman–Crippen LogP) is 2.21. The van der Waals surface area contributed by atoms with Crippen LogP contribution in [0, 0.1) is 5.92 Å². The predicted molar refractivity (Wildman–Crippen MR) is 87.5 cm³/mol. The Morgan fingerprint density at radius 3 is 2.67 bits per heavy atom. The third-order valence-corrected chi connectivity index (χ3v) is 4.16. The zero-order valence-electron chi connectivity index (χ0n) is 12.6. The highest BCUT2D eigenvalue weighted by Crippen LogP contribution is 2.28. The molecule has 0 aliphatic carbocycles. The molecule has 1 fully saturated rings. The zero-order chi connectivity index (χ0) is 15.4. The van der Waals surface area contributed by atoms with Crippen molar-refractivity contribution in [2.45, 2.75) is 12.8 Å². The standard InChI is InChI=1S/C15H23ClN4O/c1-19(2)10-11-5-7-20(8-6-11)14-4-3-12(16)9-13(14)15(17)18-21/h3-4,9,11,21H,5-8,10H2,1-2H3,(H2,17,18). The number of oxime groups is 1. The number of rotatable bonds is 4. The van der Waals surface area contributed by atoms with Crippen molar-refractivity contribution in [3.63, 3.8) is 0 Å². The van der Waals surface area contributed by atoms with Crippen molar-refractivity contribution < 1.29 is 5.21 Å². The molecule has 5 nitrogen and oxygen atoms in total. The Morgan fingerprint density at radius 1 is 1.43 bits per heavy atom. The first-order valence-electron chi connectivity index (χ1n) is 7.18. The van der Waals surface area contributed by atoms with Gasteiger partial charge in [-0.3, -0.25) is 0 Å². The first-order valence-corrected chi connectivity index (χ1v) is 7.56. The van der Waals surface area contributed by atoms with E-state index in [1.54, 1.807) is 6.07 Å². The van der Waals surface area contributed by atoms with Gasteiger partial charge in [-0.2, -0.15) is 0 Å². The molecule has 0 bridgehead atoms. The molecule has 0 unspecified atom stereocenters. The average Bonchev–Trinajstić information content (AvgIpc) is 2.47. The minimum Gasteiger partial charge on any atom is -0.409 e. The second kappa shape index (κ2) is 7.00. The Morgan fingerprint density at radius 2 is 2.10 bits per heavy atom. The zero-order valence-corrected chi connectivity index (χ0v) is 13.3. The Kier molecular flexibility index (Phi) is 5.31. The molecule has 3 N–H and O–H groups in total. The number of nitrogens with zero attached hydrogens (tertiary/aromatic N) is 3. The SMILES string of the molecule is CN(C)CC1CCN(c2ccc(Cl)cc2C(N)=NO)CC1. The highest BCUT2D eigenvalue weighted by Gasteiger charge is 2.22. The minimum atomic E-state index is 0.0999. The van der Waals surface area contributed by atoms with Gasteiger partial charge in [0, 0.05) is 35.9 Å². The Hall–Kier alpha value is -1.46. The van der Waals surface area contributed by atoms with Crippen LogP contribution >= 0.6 is 11.6 Å². The fourth-order valence-corrected chi connectivity index (χ4v) is 3.09. The van der Waals surface area contributed by atoms with Crippen molar-refractivity contribution in [1.82, 2.24) is 4.90 Å². The Balaban J connectivity index is 2.13. The molecule has 6 heteroatoms. The van der Waals surface area contributed by atoms with Gasteiger partial charge in [0.05, 0.1) is 0 Å². The Bertz CT molecular complexity index is 510. The van der Waals surface area contributed by atoms with Crippen LogP contribution in [-0.2, 0) is 0 Å². The molecule has 1 saturated heterocycles. The second-order valence-corrected chi connectivity index (χ2v) is 6.28. The molecule has 0 aromatic heterocycles.